The maximum absolute atomic E-state index is 12.8. The molecule has 2 rings (SSSR count). The highest BCUT2D eigenvalue weighted by atomic mass is 32.2. The maximum atomic E-state index is 12.8. The topological polar surface area (TPSA) is 63.4 Å². The average molecular weight is 306 g/mol. The predicted octanol–water partition coefficient (Wildman–Crippen LogP) is 3.09. The summed E-state index contributed by atoms with van der Waals surface area (Å²) in [6.45, 7) is 6.51. The van der Waals surface area contributed by atoms with E-state index in [1.807, 2.05) is 26.8 Å². The van der Waals surface area contributed by atoms with Gasteiger partial charge in [-0.25, -0.2) is 12.7 Å². The molecule has 0 amide bonds. The lowest BCUT2D eigenvalue weighted by atomic mass is 9.97. The Hall–Kier alpha value is -1.59. The quantitative estimate of drug-likeness (QED) is 0.886. The van der Waals surface area contributed by atoms with Crippen LogP contribution in [0, 0.1) is 5.41 Å². The Morgan fingerprint density at radius 3 is 2.43 bits per heavy atom. The van der Waals surface area contributed by atoms with Gasteiger partial charge in [0.1, 0.15) is 0 Å². The second-order valence-corrected chi connectivity index (χ2v) is 8.57. The number of anilines is 1. The van der Waals surface area contributed by atoms with E-state index in [9.17, 15) is 8.42 Å². The lowest BCUT2D eigenvalue weighted by Crippen LogP contribution is -2.34. The number of benzene rings is 2. The van der Waals surface area contributed by atoms with Crippen molar-refractivity contribution in [1.29, 1.82) is 0 Å². The number of nitrogens with two attached hydrogens (primary N) is 1. The van der Waals surface area contributed by atoms with Gasteiger partial charge in [0.15, 0.2) is 0 Å². The number of nitrogens with zero attached hydrogens (tertiary/aromatic N) is 1. The maximum Gasteiger partial charge on any atom is 0.243 e. The fourth-order valence-electron chi connectivity index (χ4n) is 2.42. The van der Waals surface area contributed by atoms with Crippen LogP contribution in [0.25, 0.3) is 10.8 Å². The van der Waals surface area contributed by atoms with Gasteiger partial charge in [0.05, 0.1) is 4.90 Å². The fraction of sp³-hybridized carbons (Fsp3) is 0.375. The first-order valence-electron chi connectivity index (χ1n) is 6.86. The average Bonchev–Trinajstić information content (AvgIpc) is 2.35. The molecule has 0 radical (unpaired) electrons. The molecule has 5 heteroatoms. The fourth-order valence-corrected chi connectivity index (χ4v) is 4.03. The molecule has 0 aliphatic heterocycles. The second kappa shape index (κ2) is 5.31. The Labute approximate surface area is 126 Å². The van der Waals surface area contributed by atoms with Crippen molar-refractivity contribution in [2.75, 3.05) is 19.3 Å². The molecule has 2 aromatic rings. The summed E-state index contributed by atoms with van der Waals surface area (Å²) < 4.78 is 27.0. The Morgan fingerprint density at radius 2 is 1.81 bits per heavy atom. The molecule has 4 nitrogen and oxygen atoms in total. The molecule has 0 aromatic heterocycles. The minimum atomic E-state index is -3.52. The molecular weight excluding hydrogens is 284 g/mol. The molecule has 0 aliphatic rings. The first kappa shape index (κ1) is 15.8. The largest absolute Gasteiger partial charge is 0.399 e. The molecule has 114 valence electrons. The lowest BCUT2D eigenvalue weighted by molar-refractivity contribution is 0.311. The van der Waals surface area contributed by atoms with Crippen LogP contribution >= 0.6 is 0 Å². The second-order valence-electron chi connectivity index (χ2n) is 6.56. The molecule has 0 atom stereocenters. The van der Waals surface area contributed by atoms with Crippen LogP contribution in [0.5, 0.6) is 0 Å². The highest BCUT2D eigenvalue weighted by molar-refractivity contribution is 7.89. The van der Waals surface area contributed by atoms with Crippen molar-refractivity contribution in [3.8, 4) is 0 Å². The molecule has 21 heavy (non-hydrogen) atoms. The first-order valence-corrected chi connectivity index (χ1v) is 8.30. The molecule has 2 aromatic carbocycles. The van der Waals surface area contributed by atoms with Crippen molar-refractivity contribution in [2.45, 2.75) is 25.7 Å². The van der Waals surface area contributed by atoms with Crippen molar-refractivity contribution in [2.24, 2.45) is 5.41 Å². The molecule has 0 bridgehead atoms. The van der Waals surface area contributed by atoms with E-state index in [4.69, 9.17) is 5.73 Å². The smallest absolute Gasteiger partial charge is 0.243 e. The van der Waals surface area contributed by atoms with Crippen molar-refractivity contribution in [3.63, 3.8) is 0 Å². The highest BCUT2D eigenvalue weighted by Crippen LogP contribution is 2.28. The van der Waals surface area contributed by atoms with Crippen LogP contribution in [-0.4, -0.2) is 26.3 Å². The van der Waals surface area contributed by atoms with Gasteiger partial charge in [0.2, 0.25) is 10.0 Å². The summed E-state index contributed by atoms with van der Waals surface area (Å²) in [6.07, 6.45) is 0. The van der Waals surface area contributed by atoms with Gasteiger partial charge in [0, 0.05) is 24.7 Å². The Morgan fingerprint density at radius 1 is 1.14 bits per heavy atom. The van der Waals surface area contributed by atoms with E-state index in [-0.39, 0.29) is 5.41 Å². The summed E-state index contributed by atoms with van der Waals surface area (Å²) in [4.78, 5) is 0.326. The first-order chi connectivity index (χ1) is 9.61. The standard InChI is InChI=1S/C16H22N2O2S/c1-16(2,3)11-18(4)21(19,20)15-7-5-6-12-10-13(17)8-9-14(12)15/h5-10H,11,17H2,1-4H3. The minimum Gasteiger partial charge on any atom is -0.399 e. The Bertz CT molecular complexity index is 761. The van der Waals surface area contributed by atoms with Crippen LogP contribution in [0.15, 0.2) is 41.3 Å². The number of hydrogen-bond donors (Lipinski definition) is 1. The van der Waals surface area contributed by atoms with Crippen LogP contribution in [0.2, 0.25) is 0 Å². The Kier molecular flexibility index (Phi) is 4.00. The summed E-state index contributed by atoms with van der Waals surface area (Å²) in [6, 6.07) is 10.5. The third-order valence-electron chi connectivity index (χ3n) is 3.25. The van der Waals surface area contributed by atoms with Crippen LogP contribution in [0.4, 0.5) is 5.69 Å². The van der Waals surface area contributed by atoms with Gasteiger partial charge in [-0.2, -0.15) is 0 Å². The van der Waals surface area contributed by atoms with E-state index in [1.54, 1.807) is 37.4 Å². The van der Waals surface area contributed by atoms with E-state index in [1.165, 1.54) is 4.31 Å². The molecule has 0 saturated carbocycles. The van der Waals surface area contributed by atoms with Gasteiger partial charge in [-0.1, -0.05) is 39.0 Å². The molecule has 2 N–H and O–H groups in total. The molecule has 0 unspecified atom stereocenters. The SMILES string of the molecule is CN(CC(C)(C)C)S(=O)(=O)c1cccc2cc(N)ccc12. The monoisotopic (exact) mass is 306 g/mol. The Balaban J connectivity index is 2.55. The zero-order valence-electron chi connectivity index (χ0n) is 12.9. The van der Waals surface area contributed by atoms with Crippen molar-refractivity contribution in [1.82, 2.24) is 4.31 Å². The van der Waals surface area contributed by atoms with E-state index < -0.39 is 10.0 Å². The summed E-state index contributed by atoms with van der Waals surface area (Å²) in [5.74, 6) is 0. The van der Waals surface area contributed by atoms with Gasteiger partial charge in [0.25, 0.3) is 0 Å². The zero-order valence-corrected chi connectivity index (χ0v) is 13.7. The van der Waals surface area contributed by atoms with Gasteiger partial charge >= 0.3 is 0 Å². The van der Waals surface area contributed by atoms with Crippen molar-refractivity contribution >= 4 is 26.5 Å². The third-order valence-corrected chi connectivity index (χ3v) is 5.11. The molecule has 0 fully saturated rings. The molecular formula is C16H22N2O2S. The van der Waals surface area contributed by atoms with Crippen molar-refractivity contribution < 1.29 is 8.42 Å². The summed E-state index contributed by atoms with van der Waals surface area (Å²) in [7, 11) is -1.90. The number of sulfonamides is 1. The lowest BCUT2D eigenvalue weighted by Gasteiger charge is -2.26. The van der Waals surface area contributed by atoms with E-state index >= 15 is 0 Å². The molecule has 0 spiro atoms. The normalized spacial score (nSPS) is 13.0. The van der Waals surface area contributed by atoms with Gasteiger partial charge < -0.3 is 5.73 Å². The van der Waals surface area contributed by atoms with Crippen LogP contribution in [0.3, 0.4) is 0 Å². The van der Waals surface area contributed by atoms with Crippen molar-refractivity contribution in [3.05, 3.63) is 36.4 Å². The minimum absolute atomic E-state index is 0.100. The summed E-state index contributed by atoms with van der Waals surface area (Å²) >= 11 is 0. The molecule has 0 aliphatic carbocycles. The van der Waals surface area contributed by atoms with E-state index in [0.29, 0.717) is 22.5 Å². The van der Waals surface area contributed by atoms with E-state index in [0.717, 1.165) is 5.39 Å². The van der Waals surface area contributed by atoms with Crippen LogP contribution in [-0.2, 0) is 10.0 Å². The van der Waals surface area contributed by atoms with Crippen LogP contribution in [0.1, 0.15) is 20.8 Å². The zero-order chi connectivity index (χ0) is 15.8. The molecule has 0 saturated heterocycles. The van der Waals surface area contributed by atoms with Crippen LogP contribution < -0.4 is 5.73 Å². The number of rotatable bonds is 3. The van der Waals surface area contributed by atoms with Gasteiger partial charge in [-0.15, -0.1) is 0 Å². The summed E-state index contributed by atoms with van der Waals surface area (Å²) in [5, 5.41) is 1.53. The number of fused-ring (bicyclic) bond motifs is 1. The third kappa shape index (κ3) is 3.36. The molecule has 0 heterocycles. The number of hydrogen-bond acceptors (Lipinski definition) is 3. The number of nitrogen functional groups attached to an aromatic ring is 1. The highest BCUT2D eigenvalue weighted by Gasteiger charge is 2.26. The van der Waals surface area contributed by atoms with Gasteiger partial charge in [-0.05, 0) is 29.0 Å². The predicted molar refractivity (Wildman–Crippen MR) is 87.6 cm³/mol. The summed E-state index contributed by atoms with van der Waals surface area (Å²) in [5.41, 5.74) is 6.29. The van der Waals surface area contributed by atoms with E-state index in [2.05, 4.69) is 0 Å². The van der Waals surface area contributed by atoms with Gasteiger partial charge in [-0.3, -0.25) is 0 Å².